The van der Waals surface area contributed by atoms with E-state index in [1.54, 1.807) is 0 Å². The number of aliphatic hydroxyl groups is 1. The zero-order valence-electron chi connectivity index (χ0n) is 10.7. The highest BCUT2D eigenvalue weighted by atomic mass is 19.1. The Morgan fingerprint density at radius 1 is 1.42 bits per heavy atom. The van der Waals surface area contributed by atoms with Crippen LogP contribution in [-0.4, -0.2) is 23.7 Å². The molecule has 0 spiro atoms. The van der Waals surface area contributed by atoms with Crippen LogP contribution in [0.3, 0.4) is 0 Å². The van der Waals surface area contributed by atoms with Gasteiger partial charge in [0.25, 0.3) is 5.91 Å². The normalized spacial score (nSPS) is 23.1. The molecule has 1 aromatic carbocycles. The minimum Gasteiger partial charge on any atom is -0.399 e. The van der Waals surface area contributed by atoms with Gasteiger partial charge in [-0.25, -0.2) is 4.39 Å². The molecule has 2 atom stereocenters. The monoisotopic (exact) mass is 266 g/mol. The van der Waals surface area contributed by atoms with Crippen LogP contribution >= 0.6 is 0 Å². The van der Waals surface area contributed by atoms with E-state index in [2.05, 4.69) is 5.32 Å². The molecule has 0 saturated heterocycles. The second-order valence-electron chi connectivity index (χ2n) is 5.05. The number of benzene rings is 1. The summed E-state index contributed by atoms with van der Waals surface area (Å²) >= 11 is 0. The number of amides is 1. The third-order valence-corrected chi connectivity index (χ3v) is 3.70. The van der Waals surface area contributed by atoms with Crippen molar-refractivity contribution in [3.8, 4) is 0 Å². The first-order chi connectivity index (χ1) is 9.11. The topological polar surface area (TPSA) is 75.4 Å². The highest BCUT2D eigenvalue weighted by molar-refractivity contribution is 5.95. The van der Waals surface area contributed by atoms with Crippen molar-refractivity contribution in [1.82, 2.24) is 5.32 Å². The Labute approximate surface area is 111 Å². The second-order valence-corrected chi connectivity index (χ2v) is 5.05. The molecule has 1 amide bonds. The maximum atomic E-state index is 13.6. The number of nitrogens with two attached hydrogens (primary N) is 1. The van der Waals surface area contributed by atoms with E-state index in [-0.39, 0.29) is 24.1 Å². The van der Waals surface area contributed by atoms with Gasteiger partial charge in [-0.15, -0.1) is 0 Å². The molecule has 19 heavy (non-hydrogen) atoms. The first kappa shape index (κ1) is 13.8. The van der Waals surface area contributed by atoms with Crippen LogP contribution in [0, 0.1) is 11.7 Å². The lowest BCUT2D eigenvalue weighted by Gasteiger charge is -2.30. The zero-order chi connectivity index (χ0) is 13.8. The third-order valence-electron chi connectivity index (χ3n) is 3.70. The van der Waals surface area contributed by atoms with Gasteiger partial charge in [-0.3, -0.25) is 4.79 Å². The van der Waals surface area contributed by atoms with E-state index in [0.717, 1.165) is 25.7 Å². The molecule has 2 unspecified atom stereocenters. The zero-order valence-corrected chi connectivity index (χ0v) is 10.7. The van der Waals surface area contributed by atoms with Crippen LogP contribution in [0.4, 0.5) is 10.1 Å². The molecule has 104 valence electrons. The van der Waals surface area contributed by atoms with Gasteiger partial charge in [0.1, 0.15) is 5.82 Å². The summed E-state index contributed by atoms with van der Waals surface area (Å²) in [6.07, 6.45) is 3.78. The van der Waals surface area contributed by atoms with E-state index in [4.69, 9.17) is 5.73 Å². The van der Waals surface area contributed by atoms with Crippen molar-refractivity contribution in [3.63, 3.8) is 0 Å². The Morgan fingerprint density at radius 2 is 2.16 bits per heavy atom. The summed E-state index contributed by atoms with van der Waals surface area (Å²) in [5.41, 5.74) is 5.88. The average molecular weight is 266 g/mol. The SMILES string of the molecule is Nc1ccc(F)c(C(=O)NC2CCCCC2CO)c1. The van der Waals surface area contributed by atoms with Crippen LogP contribution in [0.25, 0.3) is 0 Å². The van der Waals surface area contributed by atoms with Crippen molar-refractivity contribution in [3.05, 3.63) is 29.6 Å². The minimum absolute atomic E-state index is 0.0396. The van der Waals surface area contributed by atoms with Crippen molar-refractivity contribution >= 4 is 11.6 Å². The van der Waals surface area contributed by atoms with Gasteiger partial charge < -0.3 is 16.2 Å². The van der Waals surface area contributed by atoms with Crippen LogP contribution in [0.2, 0.25) is 0 Å². The second kappa shape index (κ2) is 6.02. The lowest BCUT2D eigenvalue weighted by molar-refractivity contribution is 0.0868. The quantitative estimate of drug-likeness (QED) is 0.729. The van der Waals surface area contributed by atoms with E-state index in [9.17, 15) is 14.3 Å². The van der Waals surface area contributed by atoms with Crippen LogP contribution in [0.5, 0.6) is 0 Å². The van der Waals surface area contributed by atoms with Crippen molar-refractivity contribution in [1.29, 1.82) is 0 Å². The molecule has 0 aliphatic heterocycles. The number of carbonyl (C=O) groups excluding carboxylic acids is 1. The number of nitrogen functional groups attached to an aromatic ring is 1. The maximum Gasteiger partial charge on any atom is 0.254 e. The summed E-state index contributed by atoms with van der Waals surface area (Å²) in [5, 5.41) is 12.1. The summed E-state index contributed by atoms with van der Waals surface area (Å²) < 4.78 is 13.6. The molecule has 0 heterocycles. The summed E-state index contributed by atoms with van der Waals surface area (Å²) in [7, 11) is 0. The summed E-state index contributed by atoms with van der Waals surface area (Å²) in [4.78, 5) is 12.1. The Bertz CT molecular complexity index is 465. The van der Waals surface area contributed by atoms with E-state index >= 15 is 0 Å². The number of aliphatic hydroxyl groups excluding tert-OH is 1. The van der Waals surface area contributed by atoms with Gasteiger partial charge in [0.2, 0.25) is 0 Å². The predicted octanol–water partition coefficient (Wildman–Crippen LogP) is 1.69. The highest BCUT2D eigenvalue weighted by Gasteiger charge is 2.26. The number of nitrogens with one attached hydrogen (secondary N) is 1. The first-order valence-electron chi connectivity index (χ1n) is 6.58. The van der Waals surface area contributed by atoms with Crippen LogP contribution in [-0.2, 0) is 0 Å². The maximum absolute atomic E-state index is 13.6. The Morgan fingerprint density at radius 3 is 2.89 bits per heavy atom. The van der Waals surface area contributed by atoms with Crippen molar-refractivity contribution in [2.24, 2.45) is 5.92 Å². The van der Waals surface area contributed by atoms with Crippen molar-refractivity contribution in [2.75, 3.05) is 12.3 Å². The molecule has 5 heteroatoms. The molecular weight excluding hydrogens is 247 g/mol. The molecule has 1 aliphatic carbocycles. The van der Waals surface area contributed by atoms with Gasteiger partial charge in [0.15, 0.2) is 0 Å². The fourth-order valence-electron chi connectivity index (χ4n) is 2.58. The van der Waals surface area contributed by atoms with Crippen molar-refractivity contribution < 1.29 is 14.3 Å². The fraction of sp³-hybridized carbons (Fsp3) is 0.500. The van der Waals surface area contributed by atoms with Crippen LogP contribution < -0.4 is 11.1 Å². The molecule has 0 radical (unpaired) electrons. The molecule has 0 aromatic heterocycles. The molecule has 4 nitrogen and oxygen atoms in total. The smallest absolute Gasteiger partial charge is 0.254 e. The molecule has 2 rings (SSSR count). The number of anilines is 1. The highest BCUT2D eigenvalue weighted by Crippen LogP contribution is 2.24. The van der Waals surface area contributed by atoms with Crippen molar-refractivity contribution in [2.45, 2.75) is 31.7 Å². The number of hydrogen-bond donors (Lipinski definition) is 3. The third kappa shape index (κ3) is 3.23. The molecule has 1 aliphatic rings. The lowest BCUT2D eigenvalue weighted by atomic mass is 9.85. The van der Waals surface area contributed by atoms with E-state index in [0.29, 0.717) is 5.69 Å². The molecule has 1 fully saturated rings. The fourth-order valence-corrected chi connectivity index (χ4v) is 2.58. The number of hydrogen-bond acceptors (Lipinski definition) is 3. The van der Waals surface area contributed by atoms with Crippen LogP contribution in [0.15, 0.2) is 18.2 Å². The Hall–Kier alpha value is -1.62. The Kier molecular flexibility index (Phi) is 4.37. The van der Waals surface area contributed by atoms with E-state index < -0.39 is 11.7 Å². The summed E-state index contributed by atoms with van der Waals surface area (Å²) in [6, 6.07) is 3.85. The van der Waals surface area contributed by atoms with E-state index in [1.165, 1.54) is 18.2 Å². The largest absolute Gasteiger partial charge is 0.399 e. The predicted molar refractivity (Wildman–Crippen MR) is 71.1 cm³/mol. The minimum atomic E-state index is -0.581. The standard InChI is InChI=1S/C14H19FN2O2/c15-12-6-5-10(16)7-11(12)14(19)17-13-4-2-1-3-9(13)8-18/h5-7,9,13,18H,1-4,8,16H2,(H,17,19). The number of carbonyl (C=O) groups is 1. The lowest BCUT2D eigenvalue weighted by Crippen LogP contribution is -2.43. The number of rotatable bonds is 3. The summed E-state index contributed by atoms with van der Waals surface area (Å²) in [5.74, 6) is -0.986. The molecule has 4 N–H and O–H groups in total. The number of halogens is 1. The molecule has 1 aromatic rings. The summed E-state index contributed by atoms with van der Waals surface area (Å²) in [6.45, 7) is 0.0460. The molecule has 0 bridgehead atoms. The van der Waals surface area contributed by atoms with Gasteiger partial charge in [-0.2, -0.15) is 0 Å². The average Bonchev–Trinajstić information content (AvgIpc) is 2.42. The van der Waals surface area contributed by atoms with E-state index in [1.807, 2.05) is 0 Å². The van der Waals surface area contributed by atoms with Crippen LogP contribution in [0.1, 0.15) is 36.0 Å². The van der Waals surface area contributed by atoms with Gasteiger partial charge in [-0.05, 0) is 31.0 Å². The van der Waals surface area contributed by atoms with Gasteiger partial charge in [0, 0.05) is 24.3 Å². The molecular formula is C14H19FN2O2. The van der Waals surface area contributed by atoms with Gasteiger partial charge >= 0.3 is 0 Å². The first-order valence-corrected chi connectivity index (χ1v) is 6.58. The van der Waals surface area contributed by atoms with Gasteiger partial charge in [-0.1, -0.05) is 12.8 Å². The van der Waals surface area contributed by atoms with Gasteiger partial charge in [0.05, 0.1) is 5.56 Å². The Balaban J connectivity index is 2.09. The molecule has 1 saturated carbocycles.